The van der Waals surface area contributed by atoms with Gasteiger partial charge in [0.25, 0.3) is 0 Å². The van der Waals surface area contributed by atoms with Gasteiger partial charge < -0.3 is 14.4 Å². The molecule has 4 nitrogen and oxygen atoms in total. The largest absolute Gasteiger partial charge is 0.490 e. The fourth-order valence-corrected chi connectivity index (χ4v) is 5.00. The average molecular weight is 416 g/mol. The summed E-state index contributed by atoms with van der Waals surface area (Å²) in [6.07, 6.45) is 11.8. The molecule has 0 unspecified atom stereocenters. The SMILES string of the molecule is CCOC(=O)CCCCN1CCC(c2ccc(O[C@H]3CC[C@H](CC)CC3)cc2)CC1. The van der Waals surface area contributed by atoms with Crippen LogP contribution in [-0.2, 0) is 9.53 Å². The van der Waals surface area contributed by atoms with E-state index in [0.29, 0.717) is 25.0 Å². The maximum atomic E-state index is 11.4. The normalized spacial score (nSPS) is 23.3. The Morgan fingerprint density at radius 2 is 1.67 bits per heavy atom. The highest BCUT2D eigenvalue weighted by Gasteiger charge is 2.22. The van der Waals surface area contributed by atoms with E-state index in [9.17, 15) is 4.79 Å². The lowest BCUT2D eigenvalue weighted by Gasteiger charge is -2.32. The molecule has 2 fully saturated rings. The summed E-state index contributed by atoms with van der Waals surface area (Å²) >= 11 is 0. The zero-order valence-corrected chi connectivity index (χ0v) is 19.1. The number of piperidine rings is 1. The van der Waals surface area contributed by atoms with Crippen LogP contribution in [0.2, 0.25) is 0 Å². The van der Waals surface area contributed by atoms with Crippen LogP contribution < -0.4 is 4.74 Å². The molecule has 2 aliphatic rings. The Labute approximate surface area is 183 Å². The van der Waals surface area contributed by atoms with Gasteiger partial charge in [0, 0.05) is 6.42 Å². The molecule has 0 amide bonds. The summed E-state index contributed by atoms with van der Waals surface area (Å²) in [6, 6.07) is 8.94. The number of hydrogen-bond acceptors (Lipinski definition) is 4. The number of ether oxygens (including phenoxy) is 2. The van der Waals surface area contributed by atoms with Gasteiger partial charge in [-0.25, -0.2) is 0 Å². The van der Waals surface area contributed by atoms with Crippen molar-refractivity contribution < 1.29 is 14.3 Å². The molecule has 0 atom stereocenters. The molecule has 0 bridgehead atoms. The van der Waals surface area contributed by atoms with Crippen molar-refractivity contribution in [1.29, 1.82) is 0 Å². The minimum Gasteiger partial charge on any atom is -0.490 e. The van der Waals surface area contributed by atoms with E-state index in [1.807, 2.05) is 6.92 Å². The van der Waals surface area contributed by atoms with Gasteiger partial charge >= 0.3 is 5.97 Å². The molecular weight excluding hydrogens is 374 g/mol. The van der Waals surface area contributed by atoms with Gasteiger partial charge in [-0.3, -0.25) is 4.79 Å². The second kappa shape index (κ2) is 12.3. The molecule has 30 heavy (non-hydrogen) atoms. The minimum atomic E-state index is -0.0581. The number of likely N-dealkylation sites (tertiary alicyclic amines) is 1. The number of esters is 1. The molecule has 1 saturated heterocycles. The number of hydrogen-bond donors (Lipinski definition) is 0. The zero-order chi connectivity index (χ0) is 21.2. The molecule has 1 aromatic rings. The Hall–Kier alpha value is -1.55. The molecular formula is C26H41NO3. The monoisotopic (exact) mass is 415 g/mol. The Morgan fingerprint density at radius 3 is 2.30 bits per heavy atom. The van der Waals surface area contributed by atoms with Gasteiger partial charge in [-0.15, -0.1) is 0 Å². The van der Waals surface area contributed by atoms with E-state index in [-0.39, 0.29) is 5.97 Å². The van der Waals surface area contributed by atoms with Crippen LogP contribution in [0.15, 0.2) is 24.3 Å². The van der Waals surface area contributed by atoms with E-state index in [2.05, 4.69) is 36.1 Å². The van der Waals surface area contributed by atoms with Crippen LogP contribution in [0.25, 0.3) is 0 Å². The molecule has 0 spiro atoms. The van der Waals surface area contributed by atoms with Gasteiger partial charge in [0.15, 0.2) is 0 Å². The standard InChI is InChI=1S/C26H41NO3/c1-3-21-8-12-24(13-9-21)30-25-14-10-22(11-15-25)23-16-19-27(20-17-23)18-6-5-7-26(28)29-4-2/h10-11,14-15,21,23-24H,3-9,12-13,16-20H2,1-2H3/t21-,24-. The number of nitrogens with zero attached hydrogens (tertiary/aromatic N) is 1. The first-order chi connectivity index (χ1) is 14.7. The van der Waals surface area contributed by atoms with Gasteiger partial charge in [-0.1, -0.05) is 25.5 Å². The minimum absolute atomic E-state index is 0.0581. The lowest BCUT2D eigenvalue weighted by Crippen LogP contribution is -2.33. The summed E-state index contributed by atoms with van der Waals surface area (Å²) in [6.45, 7) is 8.06. The van der Waals surface area contributed by atoms with Crippen molar-refractivity contribution in [2.75, 3.05) is 26.2 Å². The van der Waals surface area contributed by atoms with Crippen molar-refractivity contribution in [3.63, 3.8) is 0 Å². The summed E-state index contributed by atoms with van der Waals surface area (Å²) in [5.41, 5.74) is 1.46. The van der Waals surface area contributed by atoms with Gasteiger partial charge in [0.05, 0.1) is 12.7 Å². The number of rotatable bonds is 10. The van der Waals surface area contributed by atoms with Crippen LogP contribution in [0.4, 0.5) is 0 Å². The highest BCUT2D eigenvalue weighted by Crippen LogP contribution is 2.32. The molecule has 168 valence electrons. The van der Waals surface area contributed by atoms with Crippen molar-refractivity contribution in [3.8, 4) is 5.75 Å². The van der Waals surface area contributed by atoms with E-state index in [4.69, 9.17) is 9.47 Å². The van der Waals surface area contributed by atoms with E-state index in [0.717, 1.165) is 44.1 Å². The van der Waals surface area contributed by atoms with Gasteiger partial charge in [-0.2, -0.15) is 0 Å². The molecule has 1 heterocycles. The van der Waals surface area contributed by atoms with Crippen LogP contribution in [0.3, 0.4) is 0 Å². The third-order valence-electron chi connectivity index (χ3n) is 7.02. The van der Waals surface area contributed by atoms with Crippen LogP contribution >= 0.6 is 0 Å². The Kier molecular flexibility index (Phi) is 9.51. The number of unbranched alkanes of at least 4 members (excludes halogenated alkanes) is 1. The lowest BCUT2D eigenvalue weighted by molar-refractivity contribution is -0.143. The smallest absolute Gasteiger partial charge is 0.305 e. The van der Waals surface area contributed by atoms with E-state index in [1.54, 1.807) is 0 Å². The Morgan fingerprint density at radius 1 is 0.967 bits per heavy atom. The predicted octanol–water partition coefficient (Wildman–Crippen LogP) is 5.95. The average Bonchev–Trinajstić information content (AvgIpc) is 2.78. The molecule has 1 aromatic carbocycles. The summed E-state index contributed by atoms with van der Waals surface area (Å²) < 4.78 is 11.2. The Balaban J connectivity index is 1.34. The van der Waals surface area contributed by atoms with Crippen LogP contribution in [0.5, 0.6) is 5.75 Å². The van der Waals surface area contributed by atoms with Crippen molar-refractivity contribution in [2.45, 2.75) is 90.1 Å². The fraction of sp³-hybridized carbons (Fsp3) is 0.731. The van der Waals surface area contributed by atoms with E-state index >= 15 is 0 Å². The van der Waals surface area contributed by atoms with Gasteiger partial charge in [0.1, 0.15) is 5.75 Å². The number of carbonyl (C=O) groups excluding carboxylic acids is 1. The molecule has 3 rings (SSSR count). The topological polar surface area (TPSA) is 38.8 Å². The molecule has 1 aliphatic carbocycles. The van der Waals surface area contributed by atoms with Crippen molar-refractivity contribution in [3.05, 3.63) is 29.8 Å². The first-order valence-electron chi connectivity index (χ1n) is 12.3. The highest BCUT2D eigenvalue weighted by molar-refractivity contribution is 5.69. The first-order valence-corrected chi connectivity index (χ1v) is 12.3. The molecule has 1 aliphatic heterocycles. The van der Waals surface area contributed by atoms with E-state index < -0.39 is 0 Å². The van der Waals surface area contributed by atoms with Crippen molar-refractivity contribution >= 4 is 5.97 Å². The number of benzene rings is 1. The molecule has 0 radical (unpaired) electrons. The van der Waals surface area contributed by atoms with Gasteiger partial charge in [-0.05, 0) is 107 Å². The summed E-state index contributed by atoms with van der Waals surface area (Å²) in [5.74, 6) is 2.56. The molecule has 1 saturated carbocycles. The lowest BCUT2D eigenvalue weighted by atomic mass is 9.86. The fourth-order valence-electron chi connectivity index (χ4n) is 5.00. The zero-order valence-electron chi connectivity index (χ0n) is 19.1. The maximum absolute atomic E-state index is 11.4. The van der Waals surface area contributed by atoms with E-state index in [1.165, 1.54) is 50.5 Å². The third kappa shape index (κ3) is 7.30. The second-order valence-corrected chi connectivity index (χ2v) is 9.12. The van der Waals surface area contributed by atoms with Crippen LogP contribution in [0.1, 0.15) is 89.5 Å². The Bertz CT molecular complexity index is 614. The quantitative estimate of drug-likeness (QED) is 0.350. The maximum Gasteiger partial charge on any atom is 0.305 e. The third-order valence-corrected chi connectivity index (χ3v) is 7.02. The predicted molar refractivity (Wildman–Crippen MR) is 122 cm³/mol. The van der Waals surface area contributed by atoms with Crippen molar-refractivity contribution in [2.24, 2.45) is 5.92 Å². The van der Waals surface area contributed by atoms with Crippen molar-refractivity contribution in [1.82, 2.24) is 4.90 Å². The second-order valence-electron chi connectivity index (χ2n) is 9.12. The van der Waals surface area contributed by atoms with Gasteiger partial charge in [0.2, 0.25) is 0 Å². The van der Waals surface area contributed by atoms with Crippen LogP contribution in [-0.4, -0.2) is 43.2 Å². The molecule has 4 heteroatoms. The summed E-state index contributed by atoms with van der Waals surface area (Å²) in [7, 11) is 0. The summed E-state index contributed by atoms with van der Waals surface area (Å²) in [5, 5.41) is 0. The highest BCUT2D eigenvalue weighted by atomic mass is 16.5. The molecule has 0 N–H and O–H groups in total. The first kappa shape index (κ1) is 23.1. The molecule has 0 aromatic heterocycles. The van der Waals surface area contributed by atoms with Crippen LogP contribution in [0, 0.1) is 5.92 Å². The number of carbonyl (C=O) groups is 1. The summed E-state index contributed by atoms with van der Waals surface area (Å²) in [4.78, 5) is 14.0.